The number of aromatic nitrogens is 4. The number of carbonyl (C=O) groups is 1. The van der Waals surface area contributed by atoms with Crippen molar-refractivity contribution in [3.63, 3.8) is 0 Å². The van der Waals surface area contributed by atoms with Crippen molar-refractivity contribution in [2.75, 3.05) is 25.9 Å². The summed E-state index contributed by atoms with van der Waals surface area (Å²) in [6, 6.07) is 8.53. The zero-order chi connectivity index (χ0) is 27.9. The predicted molar refractivity (Wildman–Crippen MR) is 135 cm³/mol. The molecule has 1 fully saturated rings. The molecule has 1 aromatic carbocycles. The number of nitrogens with zero attached hydrogens (tertiary/aromatic N) is 5. The lowest BCUT2D eigenvalue weighted by Crippen LogP contribution is -2.41. The number of benzene rings is 1. The fourth-order valence-corrected chi connectivity index (χ4v) is 4.73. The van der Waals surface area contributed by atoms with E-state index in [0.717, 1.165) is 22.5 Å². The second-order valence-corrected chi connectivity index (χ2v) is 9.48. The largest absolute Gasteiger partial charge is 0.480 e. The van der Waals surface area contributed by atoms with Crippen LogP contribution in [0, 0.1) is 0 Å². The quantitative estimate of drug-likeness (QED) is 0.341. The highest BCUT2D eigenvalue weighted by atomic mass is 35.5. The van der Waals surface area contributed by atoms with Crippen LogP contribution in [0.5, 0.6) is 5.88 Å². The number of pyridine rings is 1. The summed E-state index contributed by atoms with van der Waals surface area (Å²) in [4.78, 5) is 22.9. The molecule has 14 heteroatoms. The summed E-state index contributed by atoms with van der Waals surface area (Å²) in [5, 5.41) is 7.18. The Hall–Kier alpha value is -3.97. The molecule has 4 heterocycles. The SMILES string of the molecule is COc1ncc(-c2cc(C(F)(F)F)c3c(N)ncnn23)cc1C(=O)NC1CN(Cc2ccc(Cl)cc2)CC1F. The number of anilines is 1. The summed E-state index contributed by atoms with van der Waals surface area (Å²) in [5.74, 6) is -1.12. The minimum absolute atomic E-state index is 0.0194. The number of fused-ring (bicyclic) bond motifs is 1. The van der Waals surface area contributed by atoms with E-state index >= 15 is 0 Å². The van der Waals surface area contributed by atoms with Crippen LogP contribution in [-0.2, 0) is 12.7 Å². The molecule has 2 unspecified atom stereocenters. The van der Waals surface area contributed by atoms with Crippen LogP contribution >= 0.6 is 11.6 Å². The number of ether oxygens (including phenoxy) is 1. The molecule has 0 bridgehead atoms. The molecule has 0 spiro atoms. The van der Waals surface area contributed by atoms with Crippen molar-refractivity contribution in [2.24, 2.45) is 0 Å². The summed E-state index contributed by atoms with van der Waals surface area (Å²) >= 11 is 5.92. The molecule has 9 nitrogen and oxygen atoms in total. The Morgan fingerprint density at radius 1 is 1.21 bits per heavy atom. The summed E-state index contributed by atoms with van der Waals surface area (Å²) < 4.78 is 62.3. The first-order valence-electron chi connectivity index (χ1n) is 11.7. The zero-order valence-electron chi connectivity index (χ0n) is 20.4. The number of rotatable bonds is 6. The maximum atomic E-state index is 14.9. The lowest BCUT2D eigenvalue weighted by Gasteiger charge is -2.17. The van der Waals surface area contributed by atoms with Gasteiger partial charge in [-0.3, -0.25) is 9.69 Å². The highest BCUT2D eigenvalue weighted by Crippen LogP contribution is 2.39. The molecule has 204 valence electrons. The number of methoxy groups -OCH3 is 1. The highest BCUT2D eigenvalue weighted by Gasteiger charge is 2.37. The maximum absolute atomic E-state index is 14.9. The molecule has 1 aliphatic rings. The van der Waals surface area contributed by atoms with E-state index in [1.165, 1.54) is 19.4 Å². The number of carbonyl (C=O) groups excluding carboxylic acids is 1. The minimum Gasteiger partial charge on any atom is -0.480 e. The number of likely N-dealkylation sites (tertiary alicyclic amines) is 1. The van der Waals surface area contributed by atoms with Crippen LogP contribution in [0.1, 0.15) is 21.5 Å². The Morgan fingerprint density at radius 3 is 2.64 bits per heavy atom. The molecule has 5 rings (SSSR count). The number of nitrogens with one attached hydrogen (secondary N) is 1. The van der Waals surface area contributed by atoms with Crippen molar-refractivity contribution < 1.29 is 27.1 Å². The zero-order valence-corrected chi connectivity index (χ0v) is 21.2. The third kappa shape index (κ3) is 5.32. The van der Waals surface area contributed by atoms with Crippen LogP contribution in [0.25, 0.3) is 16.8 Å². The Kier molecular flexibility index (Phi) is 7.03. The molecule has 1 aliphatic heterocycles. The van der Waals surface area contributed by atoms with Crippen LogP contribution in [0.4, 0.5) is 23.4 Å². The third-order valence-corrected chi connectivity index (χ3v) is 6.69. The maximum Gasteiger partial charge on any atom is 0.418 e. The molecule has 3 aromatic heterocycles. The fourth-order valence-electron chi connectivity index (χ4n) is 4.61. The van der Waals surface area contributed by atoms with Gasteiger partial charge in [0.05, 0.1) is 24.4 Å². The van der Waals surface area contributed by atoms with Crippen molar-refractivity contribution in [1.82, 2.24) is 29.8 Å². The first-order chi connectivity index (χ1) is 18.5. The van der Waals surface area contributed by atoms with Crippen LogP contribution < -0.4 is 15.8 Å². The number of amides is 1. The van der Waals surface area contributed by atoms with Crippen LogP contribution in [0.3, 0.4) is 0 Å². The highest BCUT2D eigenvalue weighted by molar-refractivity contribution is 6.30. The van der Waals surface area contributed by atoms with Gasteiger partial charge in [-0.05, 0) is 29.8 Å². The Bertz CT molecular complexity index is 1530. The predicted octanol–water partition coefficient (Wildman–Crippen LogP) is 4.01. The number of halogens is 5. The van der Waals surface area contributed by atoms with Crippen molar-refractivity contribution in [3.8, 4) is 17.1 Å². The third-order valence-electron chi connectivity index (χ3n) is 6.43. The second kappa shape index (κ2) is 10.3. The van der Waals surface area contributed by atoms with E-state index in [1.54, 1.807) is 12.1 Å². The van der Waals surface area contributed by atoms with E-state index in [4.69, 9.17) is 22.1 Å². The van der Waals surface area contributed by atoms with Crippen molar-refractivity contribution in [3.05, 3.63) is 70.6 Å². The van der Waals surface area contributed by atoms with Gasteiger partial charge in [0, 0.05) is 36.4 Å². The summed E-state index contributed by atoms with van der Waals surface area (Å²) in [6.45, 7) is 0.831. The van der Waals surface area contributed by atoms with Gasteiger partial charge in [-0.15, -0.1) is 0 Å². The Morgan fingerprint density at radius 2 is 1.95 bits per heavy atom. The van der Waals surface area contributed by atoms with E-state index in [-0.39, 0.29) is 41.6 Å². The average molecular weight is 564 g/mol. The molecule has 2 atom stereocenters. The normalized spacial score (nSPS) is 18.0. The molecular formula is C25H22ClF4N7O2. The topological polar surface area (TPSA) is 111 Å². The van der Waals surface area contributed by atoms with E-state index in [0.29, 0.717) is 11.6 Å². The molecule has 0 radical (unpaired) electrons. The fraction of sp³-hybridized carbons (Fsp3) is 0.280. The number of nitrogens with two attached hydrogens (primary N) is 1. The van der Waals surface area contributed by atoms with Gasteiger partial charge >= 0.3 is 6.18 Å². The lowest BCUT2D eigenvalue weighted by atomic mass is 10.1. The van der Waals surface area contributed by atoms with Gasteiger partial charge in [0.25, 0.3) is 5.91 Å². The van der Waals surface area contributed by atoms with E-state index in [1.807, 2.05) is 17.0 Å². The second-order valence-electron chi connectivity index (χ2n) is 9.04. The van der Waals surface area contributed by atoms with Crippen molar-refractivity contribution >= 4 is 28.8 Å². The summed E-state index contributed by atoms with van der Waals surface area (Å²) in [6.07, 6.45) is -3.81. The van der Waals surface area contributed by atoms with E-state index in [2.05, 4.69) is 20.4 Å². The first kappa shape index (κ1) is 26.6. The van der Waals surface area contributed by atoms with Crippen LogP contribution in [-0.4, -0.2) is 62.8 Å². The minimum atomic E-state index is -4.74. The van der Waals surface area contributed by atoms with Gasteiger partial charge in [-0.2, -0.15) is 18.3 Å². The first-order valence-corrected chi connectivity index (χ1v) is 12.1. The number of hydrogen-bond donors (Lipinski definition) is 2. The standard InChI is InChI=1S/C25H22ClF4N7O2/c1-39-24-16(23(38)35-19-11-36(10-18(19)27)9-13-2-4-15(26)5-3-13)6-14(8-32-24)20-7-17(25(28,29)30)21-22(31)33-12-34-37(20)21/h2-8,12,18-19H,9-11H2,1H3,(H,35,38)(H2,31,33,34). The van der Waals surface area contributed by atoms with Gasteiger partial charge in [0.1, 0.15) is 23.6 Å². The van der Waals surface area contributed by atoms with E-state index < -0.39 is 35.4 Å². The monoisotopic (exact) mass is 563 g/mol. The summed E-state index contributed by atoms with van der Waals surface area (Å²) in [5.41, 5.74) is 5.24. The molecule has 4 aromatic rings. The number of hydrogen-bond acceptors (Lipinski definition) is 7. The Balaban J connectivity index is 1.41. The van der Waals surface area contributed by atoms with Crippen LogP contribution in [0.15, 0.2) is 48.9 Å². The van der Waals surface area contributed by atoms with Crippen molar-refractivity contribution in [1.29, 1.82) is 0 Å². The van der Waals surface area contributed by atoms with Gasteiger partial charge < -0.3 is 15.8 Å². The molecule has 1 amide bonds. The summed E-state index contributed by atoms with van der Waals surface area (Å²) in [7, 11) is 1.29. The molecule has 0 saturated carbocycles. The average Bonchev–Trinajstić information content (AvgIpc) is 3.46. The molecule has 1 saturated heterocycles. The van der Waals surface area contributed by atoms with Gasteiger partial charge in [-0.1, -0.05) is 23.7 Å². The van der Waals surface area contributed by atoms with Gasteiger partial charge in [-0.25, -0.2) is 18.9 Å². The molecule has 0 aliphatic carbocycles. The lowest BCUT2D eigenvalue weighted by molar-refractivity contribution is -0.136. The van der Waals surface area contributed by atoms with Gasteiger partial charge in [0.15, 0.2) is 5.82 Å². The smallest absolute Gasteiger partial charge is 0.418 e. The molecule has 3 N–H and O–H groups in total. The Labute approximate surface area is 224 Å². The van der Waals surface area contributed by atoms with Gasteiger partial charge in [0.2, 0.25) is 5.88 Å². The molecular weight excluding hydrogens is 542 g/mol. The number of nitrogen functional groups attached to an aromatic ring is 1. The van der Waals surface area contributed by atoms with Crippen LogP contribution in [0.2, 0.25) is 5.02 Å². The number of alkyl halides is 4. The molecule has 39 heavy (non-hydrogen) atoms. The van der Waals surface area contributed by atoms with Crippen molar-refractivity contribution in [2.45, 2.75) is 24.9 Å². The van der Waals surface area contributed by atoms with E-state index in [9.17, 15) is 22.4 Å².